The van der Waals surface area contributed by atoms with Crippen molar-refractivity contribution in [2.75, 3.05) is 25.5 Å². The molecule has 0 spiro atoms. The van der Waals surface area contributed by atoms with Crippen molar-refractivity contribution in [2.45, 2.75) is 38.6 Å². The number of aromatic nitrogens is 3. The fourth-order valence-corrected chi connectivity index (χ4v) is 4.02. The molecule has 0 aromatic carbocycles. The Morgan fingerprint density at radius 2 is 2.12 bits per heavy atom. The fraction of sp³-hybridized carbons (Fsp3) is 0.391. The summed E-state index contributed by atoms with van der Waals surface area (Å²) in [5.74, 6) is 0.480. The first-order valence-electron chi connectivity index (χ1n) is 10.6. The number of carbonyl (C=O) groups is 1. The van der Waals surface area contributed by atoms with Gasteiger partial charge in [-0.05, 0) is 50.3 Å². The monoisotopic (exact) mass is 437 g/mol. The van der Waals surface area contributed by atoms with Gasteiger partial charge in [0.25, 0.3) is 5.91 Å². The van der Waals surface area contributed by atoms with Gasteiger partial charge in [-0.15, -0.1) is 0 Å². The Labute approximate surface area is 184 Å². The highest BCUT2D eigenvalue weighted by atomic mass is 19.1. The van der Waals surface area contributed by atoms with E-state index in [9.17, 15) is 9.18 Å². The van der Waals surface area contributed by atoms with Gasteiger partial charge in [0.05, 0.1) is 18.1 Å². The van der Waals surface area contributed by atoms with Crippen molar-refractivity contribution in [3.63, 3.8) is 0 Å². The molecule has 1 saturated carbocycles. The highest BCUT2D eigenvalue weighted by molar-refractivity contribution is 6.10. The maximum atomic E-state index is 14.0. The van der Waals surface area contributed by atoms with Crippen LogP contribution < -0.4 is 10.1 Å². The predicted molar refractivity (Wildman–Crippen MR) is 117 cm³/mol. The van der Waals surface area contributed by atoms with E-state index in [-0.39, 0.29) is 17.3 Å². The first kappa shape index (κ1) is 20.4. The van der Waals surface area contributed by atoms with Gasteiger partial charge in [-0.2, -0.15) is 0 Å². The van der Waals surface area contributed by atoms with Crippen LogP contribution in [0.5, 0.6) is 5.88 Å². The average Bonchev–Trinajstić information content (AvgIpc) is 3.41. The highest BCUT2D eigenvalue weighted by Crippen LogP contribution is 2.40. The molecule has 0 atom stereocenters. The molecular formula is C23H24FN5O3. The average molecular weight is 437 g/mol. The van der Waals surface area contributed by atoms with Crippen molar-refractivity contribution in [2.24, 2.45) is 0 Å². The van der Waals surface area contributed by atoms with E-state index in [1.807, 2.05) is 6.08 Å². The van der Waals surface area contributed by atoms with Gasteiger partial charge in [0.1, 0.15) is 17.9 Å². The summed E-state index contributed by atoms with van der Waals surface area (Å²) in [6.07, 6.45) is 7.67. The molecule has 1 aliphatic carbocycles. The topological polar surface area (TPSA) is 93.4 Å². The van der Waals surface area contributed by atoms with Gasteiger partial charge in [0, 0.05) is 24.8 Å². The van der Waals surface area contributed by atoms with Crippen LogP contribution in [-0.2, 0) is 0 Å². The molecule has 2 aliphatic rings. The van der Waals surface area contributed by atoms with Crippen LogP contribution in [0.25, 0.3) is 16.7 Å². The first-order chi connectivity index (χ1) is 15.4. The molecule has 3 aromatic heterocycles. The van der Waals surface area contributed by atoms with Crippen LogP contribution in [0.4, 0.5) is 10.2 Å². The summed E-state index contributed by atoms with van der Waals surface area (Å²) < 4.78 is 24.7. The van der Waals surface area contributed by atoms with Crippen molar-refractivity contribution in [1.29, 1.82) is 0 Å². The molecular weight excluding hydrogens is 413 g/mol. The lowest BCUT2D eigenvalue weighted by atomic mass is 10.00. The van der Waals surface area contributed by atoms with E-state index in [2.05, 4.69) is 27.2 Å². The summed E-state index contributed by atoms with van der Waals surface area (Å²) in [6.45, 7) is 4.80. The van der Waals surface area contributed by atoms with Crippen molar-refractivity contribution in [3.05, 3.63) is 47.4 Å². The highest BCUT2D eigenvalue weighted by Gasteiger charge is 2.39. The van der Waals surface area contributed by atoms with Gasteiger partial charge < -0.3 is 19.4 Å². The molecule has 8 nitrogen and oxygen atoms in total. The Morgan fingerprint density at radius 3 is 2.78 bits per heavy atom. The van der Waals surface area contributed by atoms with Crippen LogP contribution in [0.2, 0.25) is 0 Å². The van der Waals surface area contributed by atoms with Crippen molar-refractivity contribution < 1.29 is 18.3 Å². The number of anilines is 1. The second-order valence-corrected chi connectivity index (χ2v) is 8.57. The number of amides is 1. The van der Waals surface area contributed by atoms with Crippen LogP contribution in [0.1, 0.15) is 47.9 Å². The zero-order valence-corrected chi connectivity index (χ0v) is 18.2. The molecule has 0 saturated heterocycles. The van der Waals surface area contributed by atoms with E-state index in [0.29, 0.717) is 53.3 Å². The first-order valence-corrected chi connectivity index (χ1v) is 10.6. The molecule has 4 heterocycles. The van der Waals surface area contributed by atoms with E-state index in [4.69, 9.17) is 9.15 Å². The van der Waals surface area contributed by atoms with E-state index in [0.717, 1.165) is 18.4 Å². The molecule has 0 bridgehead atoms. The number of aryl methyl sites for hydroxylation is 1. The number of nitrogens with zero attached hydrogens (tertiary/aromatic N) is 4. The lowest BCUT2D eigenvalue weighted by molar-refractivity contribution is 0.0773. The van der Waals surface area contributed by atoms with Gasteiger partial charge >= 0.3 is 0 Å². The van der Waals surface area contributed by atoms with Gasteiger partial charge in [0.2, 0.25) is 11.6 Å². The van der Waals surface area contributed by atoms with Crippen LogP contribution in [0.3, 0.4) is 0 Å². The molecule has 166 valence electrons. The molecule has 32 heavy (non-hydrogen) atoms. The third-order valence-corrected chi connectivity index (χ3v) is 6.17. The van der Waals surface area contributed by atoms with Gasteiger partial charge in [-0.1, -0.05) is 6.08 Å². The van der Waals surface area contributed by atoms with E-state index < -0.39 is 5.82 Å². The maximum Gasteiger partial charge on any atom is 0.258 e. The van der Waals surface area contributed by atoms with Crippen LogP contribution >= 0.6 is 0 Å². The third-order valence-electron chi connectivity index (χ3n) is 6.17. The number of hydrogen-bond donors (Lipinski definition) is 1. The summed E-state index contributed by atoms with van der Waals surface area (Å²) in [5, 5.41) is 4.07. The summed E-state index contributed by atoms with van der Waals surface area (Å²) in [4.78, 5) is 27.8. The molecule has 1 fully saturated rings. The van der Waals surface area contributed by atoms with Crippen LogP contribution in [0, 0.1) is 12.7 Å². The smallest absolute Gasteiger partial charge is 0.258 e. The lowest BCUT2D eigenvalue weighted by Gasteiger charge is -2.27. The van der Waals surface area contributed by atoms with E-state index in [1.165, 1.54) is 19.5 Å². The normalized spacial score (nSPS) is 17.2. The van der Waals surface area contributed by atoms with Gasteiger partial charge in [0.15, 0.2) is 5.82 Å². The molecule has 5 rings (SSSR count). The predicted octanol–water partition coefficient (Wildman–Crippen LogP) is 3.97. The Kier molecular flexibility index (Phi) is 4.83. The van der Waals surface area contributed by atoms with Crippen molar-refractivity contribution in [1.82, 2.24) is 19.9 Å². The molecule has 0 radical (unpaired) electrons. The summed E-state index contributed by atoms with van der Waals surface area (Å²) in [7, 11) is 1.38. The summed E-state index contributed by atoms with van der Waals surface area (Å²) in [5.41, 5.74) is 2.53. The number of halogens is 1. The second-order valence-electron chi connectivity index (χ2n) is 8.57. The minimum absolute atomic E-state index is 0.00276. The largest absolute Gasteiger partial charge is 0.479 e. The lowest BCUT2D eigenvalue weighted by Crippen LogP contribution is -2.35. The Balaban J connectivity index is 1.42. The summed E-state index contributed by atoms with van der Waals surface area (Å²) >= 11 is 0. The second kappa shape index (κ2) is 7.58. The number of hydrogen-bond acceptors (Lipinski definition) is 7. The zero-order valence-electron chi connectivity index (χ0n) is 18.2. The number of furan rings is 1. The van der Waals surface area contributed by atoms with Gasteiger partial charge in [-0.25, -0.2) is 19.3 Å². The Bertz CT molecular complexity index is 1250. The molecule has 3 aromatic rings. The number of ether oxygens (including phenoxy) is 1. The Hall–Kier alpha value is -3.49. The maximum absolute atomic E-state index is 14.0. The standard InChI is InChI=1S/C23H24FN5O3/c1-13-17(18-19(28-23(2)6-7-23)26-12-27-21(18)32-13)22(30)29-8-4-14(5-9-29)15-10-16(24)20(31-3)25-11-15/h4,10-12H,5-9H2,1-3H3,(H,26,27,28). The minimum Gasteiger partial charge on any atom is -0.479 e. The number of fused-ring (bicyclic) bond motifs is 1. The van der Waals surface area contributed by atoms with E-state index in [1.54, 1.807) is 18.0 Å². The van der Waals surface area contributed by atoms with Crippen LogP contribution in [-0.4, -0.2) is 51.5 Å². The number of pyridine rings is 1. The number of rotatable bonds is 5. The minimum atomic E-state index is -0.505. The molecule has 0 unspecified atom stereocenters. The molecule has 1 amide bonds. The molecule has 1 N–H and O–H groups in total. The van der Waals surface area contributed by atoms with Crippen molar-refractivity contribution >= 4 is 28.4 Å². The quantitative estimate of drug-likeness (QED) is 0.646. The SMILES string of the molecule is COc1ncc(C2=CCN(C(=O)c3c(C)oc4ncnc(NC5(C)CC5)c34)CC2)cc1F. The Morgan fingerprint density at radius 1 is 1.31 bits per heavy atom. The number of carbonyl (C=O) groups excluding carboxylic acids is 1. The summed E-state index contributed by atoms with van der Waals surface area (Å²) in [6, 6.07) is 1.41. The van der Waals surface area contributed by atoms with Gasteiger partial charge in [-0.3, -0.25) is 4.79 Å². The fourth-order valence-electron chi connectivity index (χ4n) is 4.02. The van der Waals surface area contributed by atoms with E-state index >= 15 is 0 Å². The zero-order chi connectivity index (χ0) is 22.5. The molecule has 9 heteroatoms. The third kappa shape index (κ3) is 3.57. The molecule has 1 aliphatic heterocycles. The number of nitrogens with one attached hydrogen (secondary N) is 1. The number of methoxy groups -OCH3 is 1. The van der Waals surface area contributed by atoms with Crippen LogP contribution in [0.15, 0.2) is 29.1 Å². The van der Waals surface area contributed by atoms with Crippen molar-refractivity contribution in [3.8, 4) is 5.88 Å².